The van der Waals surface area contributed by atoms with Gasteiger partial charge < -0.3 is 4.74 Å². The molecule has 1 saturated heterocycles. The fourth-order valence-corrected chi connectivity index (χ4v) is 0.680. The topological polar surface area (TPSA) is 26.3 Å². The Labute approximate surface area is 48.1 Å². The van der Waals surface area contributed by atoms with Crippen LogP contribution >= 0.6 is 0 Å². The van der Waals surface area contributed by atoms with Gasteiger partial charge in [0.05, 0.1) is 6.42 Å². The minimum absolute atomic E-state index is 0.0862. The van der Waals surface area contributed by atoms with E-state index in [2.05, 4.69) is 11.3 Å². The highest BCUT2D eigenvalue weighted by Crippen LogP contribution is 2.16. The van der Waals surface area contributed by atoms with Gasteiger partial charge in [0, 0.05) is 6.42 Å². The molecule has 1 atom stereocenters. The lowest BCUT2D eigenvalue weighted by molar-refractivity contribution is -0.168. The predicted molar refractivity (Wildman–Crippen MR) is 29.3 cm³/mol. The number of hydrogen-bond donors (Lipinski definition) is 0. The van der Waals surface area contributed by atoms with Crippen molar-refractivity contribution in [3.63, 3.8) is 0 Å². The smallest absolute Gasteiger partial charge is 0.309 e. The number of cyclic esters (lactones) is 1. The van der Waals surface area contributed by atoms with E-state index in [0.29, 0.717) is 6.42 Å². The van der Waals surface area contributed by atoms with Crippen LogP contribution in [0.15, 0.2) is 12.7 Å². The maximum atomic E-state index is 10.1. The monoisotopic (exact) mass is 112 g/mol. The molecule has 0 aromatic carbocycles. The standard InChI is InChI=1S/C6H8O2/c1-2-3-5-4-6(7)8-5/h2,5H,1,3-4H2. The van der Waals surface area contributed by atoms with Crippen LogP contribution < -0.4 is 0 Å². The Kier molecular flexibility index (Phi) is 1.33. The van der Waals surface area contributed by atoms with Crippen LogP contribution in [0.5, 0.6) is 0 Å². The third kappa shape index (κ3) is 0.886. The van der Waals surface area contributed by atoms with Gasteiger partial charge >= 0.3 is 5.97 Å². The average Bonchev–Trinajstić information content (AvgIpc) is 1.64. The molecule has 1 fully saturated rings. The molecule has 0 saturated carbocycles. The van der Waals surface area contributed by atoms with Crippen molar-refractivity contribution < 1.29 is 9.53 Å². The van der Waals surface area contributed by atoms with Crippen molar-refractivity contribution in [3.05, 3.63) is 12.7 Å². The number of ether oxygens (including phenoxy) is 1. The van der Waals surface area contributed by atoms with Crippen LogP contribution in [0.4, 0.5) is 0 Å². The maximum Gasteiger partial charge on any atom is 0.309 e. The van der Waals surface area contributed by atoms with Crippen LogP contribution in [-0.4, -0.2) is 12.1 Å². The second-order valence-corrected chi connectivity index (χ2v) is 1.84. The zero-order valence-corrected chi connectivity index (χ0v) is 4.59. The molecule has 0 spiro atoms. The van der Waals surface area contributed by atoms with Gasteiger partial charge in [0.2, 0.25) is 0 Å². The largest absolute Gasteiger partial charge is 0.461 e. The van der Waals surface area contributed by atoms with Crippen LogP contribution in [0.1, 0.15) is 12.8 Å². The van der Waals surface area contributed by atoms with Crippen molar-refractivity contribution in [2.24, 2.45) is 0 Å². The van der Waals surface area contributed by atoms with Crippen LogP contribution in [0.2, 0.25) is 0 Å². The normalized spacial score (nSPS) is 26.0. The fraction of sp³-hybridized carbons (Fsp3) is 0.500. The third-order valence-corrected chi connectivity index (χ3v) is 1.12. The number of rotatable bonds is 2. The zero-order valence-electron chi connectivity index (χ0n) is 4.59. The zero-order chi connectivity index (χ0) is 5.98. The number of carbonyl (C=O) groups excluding carboxylic acids is 1. The summed E-state index contributed by atoms with van der Waals surface area (Å²) in [6.45, 7) is 3.52. The van der Waals surface area contributed by atoms with Gasteiger partial charge in [-0.15, -0.1) is 6.58 Å². The van der Waals surface area contributed by atoms with Crippen LogP contribution in [0, 0.1) is 0 Å². The van der Waals surface area contributed by atoms with Crippen LogP contribution in [-0.2, 0) is 9.53 Å². The molecule has 1 aliphatic rings. The molecule has 1 rings (SSSR count). The minimum Gasteiger partial charge on any atom is -0.461 e. The lowest BCUT2D eigenvalue weighted by Crippen LogP contribution is -2.31. The van der Waals surface area contributed by atoms with Crippen molar-refractivity contribution in [2.45, 2.75) is 18.9 Å². The molecule has 1 heterocycles. The molecule has 0 amide bonds. The highest BCUT2D eigenvalue weighted by Gasteiger charge is 2.26. The SMILES string of the molecule is C=CCC1CC(=O)O1. The molecule has 0 N–H and O–H groups in total. The van der Waals surface area contributed by atoms with E-state index in [1.165, 1.54) is 0 Å². The number of hydrogen-bond acceptors (Lipinski definition) is 2. The Balaban J connectivity index is 2.15. The van der Waals surface area contributed by atoms with Gasteiger partial charge in [-0.1, -0.05) is 6.08 Å². The first-order chi connectivity index (χ1) is 3.83. The van der Waals surface area contributed by atoms with Gasteiger partial charge in [0.15, 0.2) is 0 Å². The Bertz CT molecular complexity index is 107. The minimum atomic E-state index is -0.0862. The molecule has 1 unspecified atom stereocenters. The van der Waals surface area contributed by atoms with Gasteiger partial charge in [0.25, 0.3) is 0 Å². The molecule has 0 bridgehead atoms. The van der Waals surface area contributed by atoms with E-state index in [9.17, 15) is 4.79 Å². The number of carbonyl (C=O) groups is 1. The summed E-state index contributed by atoms with van der Waals surface area (Å²) in [6.07, 6.45) is 3.27. The maximum absolute atomic E-state index is 10.1. The Morgan fingerprint density at radius 1 is 2.00 bits per heavy atom. The molecule has 0 aromatic rings. The van der Waals surface area contributed by atoms with E-state index >= 15 is 0 Å². The number of esters is 1. The van der Waals surface area contributed by atoms with Gasteiger partial charge in [-0.2, -0.15) is 0 Å². The van der Waals surface area contributed by atoms with E-state index < -0.39 is 0 Å². The van der Waals surface area contributed by atoms with E-state index in [-0.39, 0.29) is 12.1 Å². The van der Waals surface area contributed by atoms with Crippen molar-refractivity contribution in [1.29, 1.82) is 0 Å². The highest BCUT2D eigenvalue weighted by atomic mass is 16.6. The van der Waals surface area contributed by atoms with Gasteiger partial charge in [-0.05, 0) is 0 Å². The highest BCUT2D eigenvalue weighted by molar-refractivity contribution is 5.75. The molecule has 2 nitrogen and oxygen atoms in total. The molecular weight excluding hydrogens is 104 g/mol. The second-order valence-electron chi connectivity index (χ2n) is 1.84. The Morgan fingerprint density at radius 3 is 3.00 bits per heavy atom. The second kappa shape index (κ2) is 1.99. The summed E-state index contributed by atoms with van der Waals surface area (Å²) in [4.78, 5) is 10.1. The molecule has 1 aliphatic heterocycles. The molecule has 8 heavy (non-hydrogen) atoms. The quantitative estimate of drug-likeness (QED) is 0.391. The first kappa shape index (κ1) is 5.35. The summed E-state index contributed by atoms with van der Waals surface area (Å²) in [5.74, 6) is -0.0862. The first-order valence-corrected chi connectivity index (χ1v) is 2.63. The lowest BCUT2D eigenvalue weighted by Gasteiger charge is -2.23. The van der Waals surface area contributed by atoms with E-state index in [0.717, 1.165) is 6.42 Å². The van der Waals surface area contributed by atoms with Crippen molar-refractivity contribution in [3.8, 4) is 0 Å². The molecule has 2 heteroatoms. The lowest BCUT2D eigenvalue weighted by atomic mass is 10.1. The summed E-state index contributed by atoms with van der Waals surface area (Å²) in [7, 11) is 0. The van der Waals surface area contributed by atoms with Gasteiger partial charge in [0.1, 0.15) is 6.10 Å². The van der Waals surface area contributed by atoms with Crippen molar-refractivity contribution in [2.75, 3.05) is 0 Å². The van der Waals surface area contributed by atoms with E-state index in [1.54, 1.807) is 6.08 Å². The summed E-state index contributed by atoms with van der Waals surface area (Å²) in [5.41, 5.74) is 0. The molecule has 44 valence electrons. The molecule has 0 aliphatic carbocycles. The summed E-state index contributed by atoms with van der Waals surface area (Å²) in [5, 5.41) is 0. The Morgan fingerprint density at radius 2 is 2.62 bits per heavy atom. The van der Waals surface area contributed by atoms with Gasteiger partial charge in [-0.3, -0.25) is 4.79 Å². The molecular formula is C6H8O2. The summed E-state index contributed by atoms with van der Waals surface area (Å²) < 4.78 is 4.67. The summed E-state index contributed by atoms with van der Waals surface area (Å²) >= 11 is 0. The molecule has 0 aromatic heterocycles. The van der Waals surface area contributed by atoms with Crippen molar-refractivity contribution in [1.82, 2.24) is 0 Å². The average molecular weight is 112 g/mol. The van der Waals surface area contributed by atoms with E-state index in [1.807, 2.05) is 0 Å². The van der Waals surface area contributed by atoms with Crippen LogP contribution in [0.3, 0.4) is 0 Å². The van der Waals surface area contributed by atoms with Crippen LogP contribution in [0.25, 0.3) is 0 Å². The molecule has 0 radical (unpaired) electrons. The third-order valence-electron chi connectivity index (χ3n) is 1.12. The summed E-state index contributed by atoms with van der Waals surface area (Å²) in [6, 6.07) is 0. The van der Waals surface area contributed by atoms with Crippen molar-refractivity contribution >= 4 is 5.97 Å². The fourth-order valence-electron chi connectivity index (χ4n) is 0.680. The Hall–Kier alpha value is -0.790. The van der Waals surface area contributed by atoms with E-state index in [4.69, 9.17) is 0 Å². The van der Waals surface area contributed by atoms with Gasteiger partial charge in [-0.25, -0.2) is 0 Å². The first-order valence-electron chi connectivity index (χ1n) is 2.63. The predicted octanol–water partition coefficient (Wildman–Crippen LogP) is 0.878.